The Balaban J connectivity index is 1.63. The molecular weight excluding hydrogens is 337 g/mol. The molecule has 124 valence electrons. The first kappa shape index (κ1) is 16.5. The molecule has 1 aliphatic rings. The lowest BCUT2D eigenvalue weighted by Crippen LogP contribution is -2.13. The fourth-order valence-corrected chi connectivity index (χ4v) is 3.96. The topological polar surface area (TPSA) is 56.3 Å². The van der Waals surface area contributed by atoms with E-state index < -0.39 is 0 Å². The highest BCUT2D eigenvalue weighted by molar-refractivity contribution is 8.00. The number of nitrogens with zero attached hydrogens (tertiary/aromatic N) is 2. The van der Waals surface area contributed by atoms with Crippen LogP contribution in [0.2, 0.25) is 0 Å². The molecule has 2 heterocycles. The van der Waals surface area contributed by atoms with Crippen molar-refractivity contribution in [3.63, 3.8) is 0 Å². The zero-order valence-electron chi connectivity index (χ0n) is 12.8. The van der Waals surface area contributed by atoms with E-state index in [0.29, 0.717) is 12.4 Å². The van der Waals surface area contributed by atoms with Crippen molar-refractivity contribution in [3.8, 4) is 5.75 Å². The molecule has 1 aromatic heterocycles. The molecule has 0 saturated carbocycles. The van der Waals surface area contributed by atoms with Crippen LogP contribution in [0, 0.1) is 5.82 Å². The fraction of sp³-hybridized carbons (Fsp3) is 0.467. The molecule has 0 amide bonds. The Bertz CT molecular complexity index is 666. The number of fused-ring (bicyclic) bond motifs is 1. The maximum atomic E-state index is 13.7. The maximum absolute atomic E-state index is 13.7. The molecular formula is C15H18FN3O2S2. The Morgan fingerprint density at radius 3 is 3.17 bits per heavy atom. The predicted molar refractivity (Wildman–Crippen MR) is 89.6 cm³/mol. The van der Waals surface area contributed by atoms with Crippen molar-refractivity contribution in [1.82, 2.24) is 10.2 Å². The van der Waals surface area contributed by atoms with Crippen molar-refractivity contribution in [2.45, 2.75) is 36.5 Å². The van der Waals surface area contributed by atoms with Gasteiger partial charge in [0.25, 0.3) is 0 Å². The fourth-order valence-electron chi connectivity index (χ4n) is 2.22. The Labute approximate surface area is 142 Å². The number of hydrogen-bond acceptors (Lipinski definition) is 7. The van der Waals surface area contributed by atoms with Gasteiger partial charge in [0.2, 0.25) is 5.13 Å². The van der Waals surface area contributed by atoms with E-state index in [4.69, 9.17) is 9.47 Å². The van der Waals surface area contributed by atoms with Crippen LogP contribution in [0.25, 0.3) is 0 Å². The SMILES string of the molecule is CCCCNc1nnc(SCc2cc(F)cc3c2OCOC3)s1. The average molecular weight is 355 g/mol. The van der Waals surface area contributed by atoms with Gasteiger partial charge in [0, 0.05) is 23.4 Å². The minimum atomic E-state index is -0.271. The number of rotatable bonds is 7. The average Bonchev–Trinajstić information content (AvgIpc) is 3.00. The summed E-state index contributed by atoms with van der Waals surface area (Å²) in [7, 11) is 0. The lowest BCUT2D eigenvalue weighted by atomic mass is 10.1. The molecule has 2 aromatic rings. The molecule has 3 rings (SSSR count). The number of benzene rings is 1. The summed E-state index contributed by atoms with van der Waals surface area (Å²) in [6.45, 7) is 3.65. The van der Waals surface area contributed by atoms with Gasteiger partial charge in [0.05, 0.1) is 6.61 Å². The van der Waals surface area contributed by atoms with E-state index >= 15 is 0 Å². The van der Waals surface area contributed by atoms with Crippen molar-refractivity contribution in [3.05, 3.63) is 29.1 Å². The molecule has 0 spiro atoms. The van der Waals surface area contributed by atoms with Gasteiger partial charge in [0.1, 0.15) is 11.6 Å². The Morgan fingerprint density at radius 2 is 2.30 bits per heavy atom. The number of nitrogens with one attached hydrogen (secondary N) is 1. The number of halogens is 1. The minimum Gasteiger partial charge on any atom is -0.467 e. The van der Waals surface area contributed by atoms with Crippen LogP contribution in [-0.2, 0) is 17.1 Å². The summed E-state index contributed by atoms with van der Waals surface area (Å²) in [6.07, 6.45) is 2.25. The van der Waals surface area contributed by atoms with Gasteiger partial charge < -0.3 is 14.8 Å². The molecule has 0 bridgehead atoms. The summed E-state index contributed by atoms with van der Waals surface area (Å²) in [5.41, 5.74) is 1.58. The van der Waals surface area contributed by atoms with Gasteiger partial charge in [-0.05, 0) is 18.6 Å². The van der Waals surface area contributed by atoms with Crippen LogP contribution in [0.3, 0.4) is 0 Å². The van der Waals surface area contributed by atoms with E-state index in [2.05, 4.69) is 22.4 Å². The molecule has 1 aliphatic heterocycles. The molecule has 0 saturated heterocycles. The third kappa shape index (κ3) is 4.33. The molecule has 0 unspecified atom stereocenters. The highest BCUT2D eigenvalue weighted by Gasteiger charge is 2.17. The summed E-state index contributed by atoms with van der Waals surface area (Å²) in [4.78, 5) is 0. The van der Waals surface area contributed by atoms with Gasteiger partial charge in [-0.1, -0.05) is 36.4 Å². The third-order valence-corrected chi connectivity index (χ3v) is 5.38. The first-order valence-corrected chi connectivity index (χ1v) is 9.28. The zero-order chi connectivity index (χ0) is 16.1. The number of anilines is 1. The van der Waals surface area contributed by atoms with E-state index in [0.717, 1.165) is 45.7 Å². The summed E-state index contributed by atoms with van der Waals surface area (Å²) in [6, 6.07) is 2.97. The van der Waals surface area contributed by atoms with E-state index in [1.54, 1.807) is 0 Å². The van der Waals surface area contributed by atoms with Gasteiger partial charge in [-0.15, -0.1) is 10.2 Å². The second kappa shape index (κ2) is 7.94. The van der Waals surface area contributed by atoms with Crippen LogP contribution in [0.15, 0.2) is 16.5 Å². The van der Waals surface area contributed by atoms with E-state index in [-0.39, 0.29) is 12.6 Å². The van der Waals surface area contributed by atoms with Crippen LogP contribution < -0.4 is 10.1 Å². The lowest BCUT2D eigenvalue weighted by Gasteiger charge is -2.20. The Kier molecular flexibility index (Phi) is 5.69. The Morgan fingerprint density at radius 1 is 1.39 bits per heavy atom. The number of hydrogen-bond donors (Lipinski definition) is 1. The van der Waals surface area contributed by atoms with E-state index in [9.17, 15) is 4.39 Å². The number of aromatic nitrogens is 2. The molecule has 0 atom stereocenters. The van der Waals surface area contributed by atoms with Gasteiger partial charge in [-0.3, -0.25) is 0 Å². The number of thioether (sulfide) groups is 1. The van der Waals surface area contributed by atoms with Crippen molar-refractivity contribution in [1.29, 1.82) is 0 Å². The van der Waals surface area contributed by atoms with Crippen molar-refractivity contribution < 1.29 is 13.9 Å². The molecule has 0 radical (unpaired) electrons. The zero-order valence-corrected chi connectivity index (χ0v) is 14.4. The predicted octanol–water partition coefficient (Wildman–Crippen LogP) is 4.05. The smallest absolute Gasteiger partial charge is 0.206 e. The lowest BCUT2D eigenvalue weighted by molar-refractivity contribution is -0.0171. The molecule has 23 heavy (non-hydrogen) atoms. The second-order valence-electron chi connectivity index (χ2n) is 5.11. The molecule has 0 aliphatic carbocycles. The van der Waals surface area contributed by atoms with Crippen molar-refractivity contribution >= 4 is 28.2 Å². The summed E-state index contributed by atoms with van der Waals surface area (Å²) >= 11 is 3.05. The summed E-state index contributed by atoms with van der Waals surface area (Å²) in [5.74, 6) is 1.05. The van der Waals surface area contributed by atoms with Crippen LogP contribution in [0.4, 0.5) is 9.52 Å². The molecule has 0 fully saturated rings. The molecule has 1 N–H and O–H groups in total. The van der Waals surface area contributed by atoms with Crippen LogP contribution in [-0.4, -0.2) is 23.5 Å². The molecule has 8 heteroatoms. The summed E-state index contributed by atoms with van der Waals surface area (Å²) in [5, 5.41) is 12.4. The van der Waals surface area contributed by atoms with E-state index in [1.165, 1.54) is 35.2 Å². The second-order valence-corrected chi connectivity index (χ2v) is 7.31. The van der Waals surface area contributed by atoms with Crippen LogP contribution in [0.1, 0.15) is 30.9 Å². The van der Waals surface area contributed by atoms with Crippen molar-refractivity contribution in [2.24, 2.45) is 0 Å². The van der Waals surface area contributed by atoms with Crippen LogP contribution in [0.5, 0.6) is 5.75 Å². The first-order valence-electron chi connectivity index (χ1n) is 7.48. The quantitative estimate of drug-likeness (QED) is 0.597. The minimum absolute atomic E-state index is 0.209. The summed E-state index contributed by atoms with van der Waals surface area (Å²) < 4.78 is 25.3. The molecule has 1 aromatic carbocycles. The van der Waals surface area contributed by atoms with Gasteiger partial charge in [0.15, 0.2) is 11.1 Å². The first-order chi connectivity index (χ1) is 11.3. The highest BCUT2D eigenvalue weighted by atomic mass is 32.2. The Hall–Kier alpha value is -1.38. The number of ether oxygens (including phenoxy) is 2. The van der Waals surface area contributed by atoms with Gasteiger partial charge in [-0.2, -0.15) is 0 Å². The third-order valence-electron chi connectivity index (χ3n) is 3.32. The maximum Gasteiger partial charge on any atom is 0.206 e. The van der Waals surface area contributed by atoms with Crippen LogP contribution >= 0.6 is 23.1 Å². The van der Waals surface area contributed by atoms with Crippen molar-refractivity contribution in [2.75, 3.05) is 18.7 Å². The standard InChI is InChI=1S/C15H18FN3O2S2/c1-2-3-4-17-14-18-19-15(23-14)22-8-11-6-12(16)5-10-7-20-9-21-13(10)11/h5-6H,2-4,7-9H2,1H3,(H,17,18). The van der Waals surface area contributed by atoms with Gasteiger partial charge >= 0.3 is 0 Å². The monoisotopic (exact) mass is 355 g/mol. The van der Waals surface area contributed by atoms with Gasteiger partial charge in [-0.25, -0.2) is 4.39 Å². The highest BCUT2D eigenvalue weighted by Crippen LogP contribution is 2.35. The normalized spacial score (nSPS) is 13.5. The largest absolute Gasteiger partial charge is 0.467 e. The van der Waals surface area contributed by atoms with E-state index in [1.807, 2.05) is 0 Å². The number of unbranched alkanes of at least 4 members (excludes halogenated alkanes) is 1. The molecule has 5 nitrogen and oxygen atoms in total.